The molecule has 0 spiro atoms. The number of nitro groups is 4. The molecule has 5 saturated carbocycles. The molecule has 0 aliphatic heterocycles. The average Bonchev–Trinajstić information content (AvgIpc) is 3.44. The van der Waals surface area contributed by atoms with Crippen molar-refractivity contribution in [1.29, 1.82) is 0 Å². The Bertz CT molecular complexity index is 1470. The third-order valence-corrected chi connectivity index (χ3v) is 9.26. The van der Waals surface area contributed by atoms with Crippen molar-refractivity contribution in [2.45, 2.75) is 6.42 Å². The summed E-state index contributed by atoms with van der Waals surface area (Å²) in [6.07, 6.45) is 1.03. The smallest absolute Gasteiger partial charge is 0.272 e. The predicted octanol–water partition coefficient (Wildman–Crippen LogP) is 3.94. The molecule has 7 rings (SSSR count). The largest absolute Gasteiger partial charge is 0.301 e. The number of benzene rings is 2. The zero-order valence-corrected chi connectivity index (χ0v) is 19.7. The van der Waals surface area contributed by atoms with Crippen LogP contribution in [-0.4, -0.2) is 31.1 Å². The summed E-state index contributed by atoms with van der Waals surface area (Å²) in [5.41, 5.74) is 5.94. The van der Waals surface area contributed by atoms with Crippen molar-refractivity contribution in [2.75, 3.05) is 10.9 Å². The third-order valence-electron chi connectivity index (χ3n) is 9.26. The van der Waals surface area contributed by atoms with Crippen LogP contribution in [0.25, 0.3) is 0 Å². The maximum atomic E-state index is 11.5. The van der Waals surface area contributed by atoms with Gasteiger partial charge in [0.15, 0.2) is 0 Å². The highest BCUT2D eigenvalue weighted by Crippen LogP contribution is 2.81. The Hall–Kier alpha value is -5.02. The summed E-state index contributed by atoms with van der Waals surface area (Å²) in [6, 6.07) is 6.72. The molecule has 8 atom stereocenters. The fourth-order valence-corrected chi connectivity index (χ4v) is 8.17. The van der Waals surface area contributed by atoms with Gasteiger partial charge in [-0.3, -0.25) is 51.3 Å². The number of hydrogen-bond acceptors (Lipinski definition) is 12. The van der Waals surface area contributed by atoms with Crippen LogP contribution in [0.3, 0.4) is 0 Å². The number of nitrogens with zero attached hydrogens (tertiary/aromatic N) is 6. The van der Waals surface area contributed by atoms with E-state index in [9.17, 15) is 40.5 Å². The van der Waals surface area contributed by atoms with E-state index in [0.717, 1.165) is 30.0 Å². The first kappa shape index (κ1) is 23.1. The fourth-order valence-electron chi connectivity index (χ4n) is 8.17. The van der Waals surface area contributed by atoms with Gasteiger partial charge in [-0.15, -0.1) is 0 Å². The van der Waals surface area contributed by atoms with Crippen LogP contribution < -0.4 is 10.9 Å². The van der Waals surface area contributed by atoms with Gasteiger partial charge in [0.05, 0.1) is 31.8 Å². The number of non-ortho nitro benzene ring substituents is 2. The van der Waals surface area contributed by atoms with E-state index in [0.29, 0.717) is 23.7 Å². The molecule has 16 nitrogen and oxygen atoms in total. The highest BCUT2D eigenvalue weighted by molar-refractivity contribution is 6.11. The third kappa shape index (κ3) is 2.98. The summed E-state index contributed by atoms with van der Waals surface area (Å²) in [5.74, 6) is 2.16. The summed E-state index contributed by atoms with van der Waals surface area (Å²) >= 11 is 0. The zero-order valence-electron chi connectivity index (χ0n) is 19.7. The predicted molar refractivity (Wildman–Crippen MR) is 134 cm³/mol. The summed E-state index contributed by atoms with van der Waals surface area (Å²) in [7, 11) is 0. The Balaban J connectivity index is 1.18. The molecule has 5 aliphatic rings. The molecule has 198 valence electrons. The van der Waals surface area contributed by atoms with Crippen molar-refractivity contribution in [3.05, 3.63) is 76.9 Å². The number of anilines is 2. The van der Waals surface area contributed by atoms with Crippen molar-refractivity contribution < 1.29 is 19.7 Å². The SMILES string of the molecule is O=[N+]([O-])c1ccc(N/N=C2/[C@@H]3[C@H]4C[C@H]5[C@@H]3/C(=N/Nc3ccc([N+](=O)[O-])cc3[N+](=O)[O-])[C@@H]3[C@@H]2[C@H]4[C@@H]53)c([N+](=O)[O-])c1. The minimum Gasteiger partial charge on any atom is -0.272 e. The summed E-state index contributed by atoms with van der Waals surface area (Å²) in [4.78, 5) is 42.3. The van der Waals surface area contributed by atoms with Crippen LogP contribution in [0.5, 0.6) is 0 Å². The first-order chi connectivity index (χ1) is 18.7. The van der Waals surface area contributed by atoms with Gasteiger partial charge in [-0.05, 0) is 42.2 Å². The van der Waals surface area contributed by atoms with Crippen LogP contribution in [0.2, 0.25) is 0 Å². The molecule has 0 amide bonds. The van der Waals surface area contributed by atoms with Gasteiger partial charge in [0, 0.05) is 47.2 Å². The van der Waals surface area contributed by atoms with Gasteiger partial charge in [-0.2, -0.15) is 10.2 Å². The van der Waals surface area contributed by atoms with Crippen molar-refractivity contribution in [2.24, 2.45) is 57.5 Å². The number of nitro benzene ring substituents is 4. The summed E-state index contributed by atoms with van der Waals surface area (Å²) in [5, 5.41) is 54.3. The lowest BCUT2D eigenvalue weighted by atomic mass is 9.59. The van der Waals surface area contributed by atoms with E-state index in [2.05, 4.69) is 21.1 Å². The van der Waals surface area contributed by atoms with Crippen molar-refractivity contribution in [3.63, 3.8) is 0 Å². The molecule has 0 heterocycles. The minimum absolute atomic E-state index is 0.0671. The van der Waals surface area contributed by atoms with Gasteiger partial charge in [0.2, 0.25) is 0 Å². The molecule has 0 aromatic heterocycles. The Morgan fingerprint density at radius 3 is 1.38 bits per heavy atom. The summed E-state index contributed by atoms with van der Waals surface area (Å²) < 4.78 is 0. The second-order valence-electron chi connectivity index (χ2n) is 10.5. The highest BCUT2D eigenvalue weighted by atomic mass is 16.6. The van der Waals surface area contributed by atoms with Crippen LogP contribution in [-0.2, 0) is 0 Å². The van der Waals surface area contributed by atoms with Gasteiger partial charge in [0.1, 0.15) is 11.4 Å². The minimum atomic E-state index is -0.696. The van der Waals surface area contributed by atoms with Crippen LogP contribution in [0.4, 0.5) is 34.1 Å². The first-order valence-corrected chi connectivity index (χ1v) is 12.2. The van der Waals surface area contributed by atoms with E-state index in [1.807, 2.05) is 0 Å². The Morgan fingerprint density at radius 1 is 0.615 bits per heavy atom. The molecular weight excluding hydrogens is 516 g/mol. The van der Waals surface area contributed by atoms with Crippen molar-refractivity contribution >= 4 is 45.5 Å². The standard InChI is InChI=1S/C23H18N8O8/c32-28(33)8-1-3-12(14(5-8)30(36)37)24-26-22-18-10-7-11-17-16(10)20(22)21(17)23(19(11)18)27-25-13-4-2-9(29(34)35)6-15(13)31(38)39/h1-6,10-11,16-21,24-25H,7H2/b26-22-,27-23-/t10-,11+,16-,17-,18+,19-,20+,21+/m1/s1. The molecule has 0 saturated heterocycles. The van der Waals surface area contributed by atoms with E-state index in [4.69, 9.17) is 0 Å². The lowest BCUT2D eigenvalue weighted by Crippen LogP contribution is -2.48. The fraction of sp³-hybridized carbons (Fsp3) is 0.391. The van der Waals surface area contributed by atoms with Gasteiger partial charge in [-0.1, -0.05) is 0 Å². The van der Waals surface area contributed by atoms with Gasteiger partial charge in [0.25, 0.3) is 11.4 Å². The lowest BCUT2D eigenvalue weighted by Gasteiger charge is -2.44. The van der Waals surface area contributed by atoms with Crippen LogP contribution in [0.1, 0.15) is 6.42 Å². The van der Waals surface area contributed by atoms with Crippen molar-refractivity contribution in [1.82, 2.24) is 0 Å². The Kier molecular flexibility index (Phi) is 4.59. The molecule has 2 aromatic rings. The molecule has 0 radical (unpaired) electrons. The van der Waals surface area contributed by atoms with E-state index >= 15 is 0 Å². The molecule has 0 unspecified atom stereocenters. The van der Waals surface area contributed by atoms with E-state index in [1.165, 1.54) is 24.3 Å². The normalized spacial score (nSPS) is 33.9. The van der Waals surface area contributed by atoms with Gasteiger partial charge >= 0.3 is 11.4 Å². The highest BCUT2D eigenvalue weighted by Gasteiger charge is 2.82. The molecule has 2 aromatic carbocycles. The molecular formula is C23H18N8O8. The lowest BCUT2D eigenvalue weighted by molar-refractivity contribution is -0.393. The molecule has 5 aliphatic carbocycles. The quantitative estimate of drug-likeness (QED) is 0.366. The second-order valence-corrected chi connectivity index (χ2v) is 10.5. The number of hydrogen-bond donors (Lipinski definition) is 2. The van der Waals surface area contributed by atoms with Gasteiger partial charge < -0.3 is 0 Å². The molecule has 5 fully saturated rings. The van der Waals surface area contributed by atoms with Crippen LogP contribution >= 0.6 is 0 Å². The number of rotatable bonds is 8. The van der Waals surface area contributed by atoms with Crippen LogP contribution in [0, 0.1) is 87.8 Å². The van der Waals surface area contributed by atoms with E-state index in [1.54, 1.807) is 0 Å². The number of hydrazone groups is 2. The Morgan fingerprint density at radius 2 is 1.03 bits per heavy atom. The van der Waals surface area contributed by atoms with E-state index in [-0.39, 0.29) is 46.4 Å². The Labute approximate surface area is 217 Å². The van der Waals surface area contributed by atoms with E-state index < -0.39 is 31.1 Å². The first-order valence-electron chi connectivity index (χ1n) is 12.2. The topological polar surface area (TPSA) is 221 Å². The maximum Gasteiger partial charge on any atom is 0.301 e. The van der Waals surface area contributed by atoms with Gasteiger partial charge in [-0.25, -0.2) is 0 Å². The number of nitrogens with one attached hydrogen (secondary N) is 2. The monoisotopic (exact) mass is 534 g/mol. The van der Waals surface area contributed by atoms with Crippen molar-refractivity contribution in [3.8, 4) is 0 Å². The van der Waals surface area contributed by atoms with Crippen LogP contribution in [0.15, 0.2) is 46.6 Å². The molecule has 2 bridgehead atoms. The molecule has 16 heteroatoms. The summed E-state index contributed by atoms with van der Waals surface area (Å²) in [6.45, 7) is 0. The molecule has 39 heavy (non-hydrogen) atoms. The maximum absolute atomic E-state index is 11.5. The zero-order chi connectivity index (χ0) is 27.3. The average molecular weight is 534 g/mol. The number of fused-ring (bicyclic) bond motifs is 2. The molecule has 2 N–H and O–H groups in total. The second kappa shape index (κ2) is 7.75.